The predicted octanol–water partition coefficient (Wildman–Crippen LogP) is 2.47. The van der Waals surface area contributed by atoms with Crippen molar-refractivity contribution >= 4 is 11.7 Å². The Labute approximate surface area is 103 Å². The van der Waals surface area contributed by atoms with Crippen molar-refractivity contribution in [3.63, 3.8) is 0 Å². The summed E-state index contributed by atoms with van der Waals surface area (Å²) in [4.78, 5) is 14.3. The minimum absolute atomic E-state index is 0.00401. The number of nitro groups is 1. The molecule has 1 aromatic heterocycles. The number of non-ortho nitro benzene ring substituents is 1. The van der Waals surface area contributed by atoms with Gasteiger partial charge in [0.1, 0.15) is 0 Å². The van der Waals surface area contributed by atoms with Gasteiger partial charge in [-0.25, -0.2) is 0 Å². The highest BCUT2D eigenvalue weighted by molar-refractivity contribution is 5.59. The molecule has 0 aliphatic heterocycles. The molecule has 2 rings (SSSR count). The van der Waals surface area contributed by atoms with Crippen LogP contribution < -0.4 is 5.32 Å². The average Bonchev–Trinajstić information content (AvgIpc) is 2.77. The Hall–Kier alpha value is -2.44. The smallest absolute Gasteiger partial charge is 0.321 e. The van der Waals surface area contributed by atoms with Crippen molar-refractivity contribution in [2.45, 2.75) is 19.9 Å². The van der Waals surface area contributed by atoms with Gasteiger partial charge in [0, 0.05) is 23.7 Å². The molecule has 0 aliphatic rings. The number of nitro benzene ring substituents is 1. The first-order chi connectivity index (χ1) is 8.56. The third-order valence-electron chi connectivity index (χ3n) is 2.15. The van der Waals surface area contributed by atoms with Crippen LogP contribution in [0.4, 0.5) is 11.7 Å². The third-order valence-corrected chi connectivity index (χ3v) is 2.15. The summed E-state index contributed by atoms with van der Waals surface area (Å²) in [6, 6.07) is 6.56. The first-order valence-corrected chi connectivity index (χ1v) is 5.41. The molecule has 7 nitrogen and oxygen atoms in total. The van der Waals surface area contributed by atoms with E-state index in [1.807, 2.05) is 13.8 Å². The fourth-order valence-electron chi connectivity index (χ4n) is 1.40. The molecule has 7 heteroatoms. The van der Waals surface area contributed by atoms with Gasteiger partial charge in [0.05, 0.1) is 4.92 Å². The largest absolute Gasteiger partial charge is 0.336 e. The van der Waals surface area contributed by atoms with Gasteiger partial charge >= 0.3 is 6.01 Å². The zero-order valence-electron chi connectivity index (χ0n) is 9.95. The molecule has 94 valence electrons. The van der Waals surface area contributed by atoms with Gasteiger partial charge in [0.15, 0.2) is 0 Å². The lowest BCUT2D eigenvalue weighted by atomic mass is 10.2. The summed E-state index contributed by atoms with van der Waals surface area (Å²) in [5, 5.41) is 17.4. The number of hydrogen-bond acceptors (Lipinski definition) is 6. The molecule has 0 fully saturated rings. The van der Waals surface area contributed by atoms with E-state index in [2.05, 4.69) is 15.5 Å². The lowest BCUT2D eigenvalue weighted by Crippen LogP contribution is -2.09. The van der Waals surface area contributed by atoms with Crippen molar-refractivity contribution in [3.05, 3.63) is 34.4 Å². The Bertz CT molecular complexity index is 565. The van der Waals surface area contributed by atoms with E-state index in [0.29, 0.717) is 17.4 Å². The highest BCUT2D eigenvalue weighted by Crippen LogP contribution is 2.22. The minimum Gasteiger partial charge on any atom is -0.336 e. The maximum absolute atomic E-state index is 10.7. The second-order valence-corrected chi connectivity index (χ2v) is 4.03. The molecule has 0 saturated heterocycles. The van der Waals surface area contributed by atoms with E-state index in [-0.39, 0.29) is 11.7 Å². The van der Waals surface area contributed by atoms with E-state index in [9.17, 15) is 10.1 Å². The Morgan fingerprint density at radius 3 is 2.89 bits per heavy atom. The van der Waals surface area contributed by atoms with Gasteiger partial charge in [-0.2, -0.15) is 4.98 Å². The number of aromatic nitrogens is 2. The van der Waals surface area contributed by atoms with Crippen LogP contribution in [0.5, 0.6) is 0 Å². The van der Waals surface area contributed by atoms with E-state index in [1.165, 1.54) is 12.1 Å². The lowest BCUT2D eigenvalue weighted by molar-refractivity contribution is -0.384. The number of anilines is 1. The average molecular weight is 248 g/mol. The first-order valence-electron chi connectivity index (χ1n) is 5.41. The van der Waals surface area contributed by atoms with Gasteiger partial charge in [-0.05, 0) is 13.8 Å². The number of benzene rings is 1. The highest BCUT2D eigenvalue weighted by Gasteiger charge is 2.12. The van der Waals surface area contributed by atoms with Crippen molar-refractivity contribution in [3.8, 4) is 11.4 Å². The summed E-state index contributed by atoms with van der Waals surface area (Å²) in [7, 11) is 0. The summed E-state index contributed by atoms with van der Waals surface area (Å²) in [6.45, 7) is 3.88. The molecule has 1 heterocycles. The SMILES string of the molecule is CC(C)Nc1nc(-c2cccc([N+](=O)[O-])c2)no1. The quantitative estimate of drug-likeness (QED) is 0.659. The van der Waals surface area contributed by atoms with Crippen molar-refractivity contribution in [2.75, 3.05) is 5.32 Å². The second-order valence-electron chi connectivity index (χ2n) is 4.03. The third kappa shape index (κ3) is 2.62. The molecule has 0 unspecified atom stereocenters. The molecular weight excluding hydrogens is 236 g/mol. The number of rotatable bonds is 4. The summed E-state index contributed by atoms with van der Waals surface area (Å²) in [5.74, 6) is 0.321. The van der Waals surface area contributed by atoms with Gasteiger partial charge in [-0.1, -0.05) is 17.3 Å². The monoisotopic (exact) mass is 248 g/mol. The Morgan fingerprint density at radius 1 is 1.44 bits per heavy atom. The van der Waals surface area contributed by atoms with Crippen LogP contribution in [-0.4, -0.2) is 21.1 Å². The van der Waals surface area contributed by atoms with Gasteiger partial charge in [-0.3, -0.25) is 10.1 Å². The predicted molar refractivity (Wildman–Crippen MR) is 65.1 cm³/mol. The number of nitrogens with zero attached hydrogens (tertiary/aromatic N) is 3. The maximum Gasteiger partial charge on any atom is 0.321 e. The highest BCUT2D eigenvalue weighted by atomic mass is 16.6. The molecule has 0 spiro atoms. The fourth-order valence-corrected chi connectivity index (χ4v) is 1.40. The standard InChI is InChI=1S/C11H12N4O3/c1-7(2)12-11-13-10(14-18-11)8-4-3-5-9(6-8)15(16)17/h3-7H,1-2H3,(H,12,13,14). The Morgan fingerprint density at radius 2 is 2.22 bits per heavy atom. The van der Waals surface area contributed by atoms with Crippen LogP contribution in [0.25, 0.3) is 11.4 Å². The van der Waals surface area contributed by atoms with Crippen LogP contribution in [0, 0.1) is 10.1 Å². The van der Waals surface area contributed by atoms with Gasteiger partial charge in [-0.15, -0.1) is 0 Å². The summed E-state index contributed by atoms with van der Waals surface area (Å²) >= 11 is 0. The van der Waals surface area contributed by atoms with Crippen LogP contribution >= 0.6 is 0 Å². The normalized spacial score (nSPS) is 10.6. The van der Waals surface area contributed by atoms with Crippen molar-refractivity contribution < 1.29 is 9.45 Å². The molecule has 1 aromatic carbocycles. The minimum atomic E-state index is -0.461. The fraction of sp³-hybridized carbons (Fsp3) is 0.273. The maximum atomic E-state index is 10.7. The van der Waals surface area contributed by atoms with Crippen molar-refractivity contribution in [2.24, 2.45) is 0 Å². The molecule has 18 heavy (non-hydrogen) atoms. The molecule has 0 aliphatic carbocycles. The lowest BCUT2D eigenvalue weighted by Gasteiger charge is -2.01. The molecule has 1 N–H and O–H groups in total. The zero-order chi connectivity index (χ0) is 13.1. The summed E-state index contributed by atoms with van der Waals surface area (Å²) in [5.41, 5.74) is 0.542. The molecule has 0 radical (unpaired) electrons. The van der Waals surface area contributed by atoms with E-state index >= 15 is 0 Å². The molecule has 0 saturated carbocycles. The van der Waals surface area contributed by atoms with Crippen LogP contribution in [0.15, 0.2) is 28.8 Å². The summed E-state index contributed by atoms with van der Waals surface area (Å²) in [6.07, 6.45) is 0. The molecule has 0 bridgehead atoms. The van der Waals surface area contributed by atoms with Crippen molar-refractivity contribution in [1.29, 1.82) is 0 Å². The molecule has 2 aromatic rings. The van der Waals surface area contributed by atoms with Gasteiger partial charge in [0.2, 0.25) is 5.82 Å². The van der Waals surface area contributed by atoms with Crippen molar-refractivity contribution in [1.82, 2.24) is 10.1 Å². The van der Waals surface area contributed by atoms with E-state index in [1.54, 1.807) is 12.1 Å². The Kier molecular flexibility index (Phi) is 3.22. The molecule has 0 atom stereocenters. The Balaban J connectivity index is 2.28. The number of nitrogens with one attached hydrogen (secondary N) is 1. The molecular formula is C11H12N4O3. The van der Waals surface area contributed by atoms with Crippen LogP contribution in [-0.2, 0) is 0 Å². The van der Waals surface area contributed by atoms with E-state index in [0.717, 1.165) is 0 Å². The topological polar surface area (TPSA) is 94.1 Å². The van der Waals surface area contributed by atoms with Gasteiger partial charge < -0.3 is 9.84 Å². The van der Waals surface area contributed by atoms with E-state index < -0.39 is 4.92 Å². The molecule has 0 amide bonds. The van der Waals surface area contributed by atoms with Crippen LogP contribution in [0.2, 0.25) is 0 Å². The zero-order valence-corrected chi connectivity index (χ0v) is 9.95. The first kappa shape index (κ1) is 12.0. The number of hydrogen-bond donors (Lipinski definition) is 1. The van der Waals surface area contributed by atoms with E-state index in [4.69, 9.17) is 4.52 Å². The van der Waals surface area contributed by atoms with Gasteiger partial charge in [0.25, 0.3) is 5.69 Å². The second kappa shape index (κ2) is 4.82. The summed E-state index contributed by atoms with van der Waals surface area (Å²) < 4.78 is 4.99. The van der Waals surface area contributed by atoms with Crippen LogP contribution in [0.1, 0.15) is 13.8 Å². The van der Waals surface area contributed by atoms with Crippen LogP contribution in [0.3, 0.4) is 0 Å².